The van der Waals surface area contributed by atoms with Crippen molar-refractivity contribution >= 4 is 5.91 Å². The smallest absolute Gasteiger partial charge is 0.253 e. The molecule has 1 N–H and O–H groups in total. The minimum Gasteiger partial charge on any atom is -0.354 e. The fourth-order valence-corrected chi connectivity index (χ4v) is 1.84. The molecule has 0 unspecified atom stereocenters. The van der Waals surface area contributed by atoms with Crippen molar-refractivity contribution in [2.45, 2.75) is 39.7 Å². The normalized spacial score (nSPS) is 12.7. The molecule has 0 aliphatic rings. The highest BCUT2D eigenvalue weighted by Gasteiger charge is 2.20. The molecule has 0 fully saturated rings. The molecule has 0 aliphatic carbocycles. The summed E-state index contributed by atoms with van der Waals surface area (Å²) < 4.78 is 7.08. The van der Waals surface area contributed by atoms with Crippen LogP contribution in [-0.4, -0.2) is 20.6 Å². The zero-order valence-corrected chi connectivity index (χ0v) is 12.5. The van der Waals surface area contributed by atoms with Gasteiger partial charge in [-0.15, -0.1) is 0 Å². The van der Waals surface area contributed by atoms with Gasteiger partial charge in [-0.2, -0.15) is 4.98 Å². The molecule has 2 aromatic heterocycles. The molecule has 0 bridgehead atoms. The van der Waals surface area contributed by atoms with E-state index < -0.39 is 0 Å². The van der Waals surface area contributed by atoms with E-state index in [1.54, 1.807) is 6.07 Å². The second-order valence-corrected chi connectivity index (χ2v) is 5.27. The first-order valence-corrected chi connectivity index (χ1v) is 6.66. The van der Waals surface area contributed by atoms with Gasteiger partial charge in [-0.05, 0) is 19.9 Å². The van der Waals surface area contributed by atoms with Crippen molar-refractivity contribution in [3.8, 4) is 0 Å². The molecule has 6 heteroatoms. The number of carbonyl (C=O) groups excluding carboxylic acids is 1. The van der Waals surface area contributed by atoms with E-state index in [-0.39, 0.29) is 17.9 Å². The monoisotopic (exact) mass is 276 g/mol. The number of nitrogens with zero attached hydrogens (tertiary/aromatic N) is 3. The van der Waals surface area contributed by atoms with Gasteiger partial charge in [0, 0.05) is 24.9 Å². The van der Waals surface area contributed by atoms with Crippen LogP contribution in [0.3, 0.4) is 0 Å². The van der Waals surface area contributed by atoms with Gasteiger partial charge in [0.15, 0.2) is 5.82 Å². The lowest BCUT2D eigenvalue weighted by molar-refractivity contribution is 0.0932. The van der Waals surface area contributed by atoms with E-state index in [9.17, 15) is 4.79 Å². The molecule has 0 aromatic carbocycles. The Morgan fingerprint density at radius 1 is 1.40 bits per heavy atom. The van der Waals surface area contributed by atoms with Crippen LogP contribution in [0.4, 0.5) is 0 Å². The van der Waals surface area contributed by atoms with Crippen molar-refractivity contribution in [1.29, 1.82) is 0 Å². The molecule has 0 saturated heterocycles. The van der Waals surface area contributed by atoms with Crippen molar-refractivity contribution in [3.05, 3.63) is 35.2 Å². The highest BCUT2D eigenvalue weighted by molar-refractivity contribution is 5.95. The van der Waals surface area contributed by atoms with E-state index in [0.717, 1.165) is 5.69 Å². The SMILES string of the molecule is Cc1c(C(=O)N[C@@H](C)c2nc(C(C)C)no2)ccn1C. The summed E-state index contributed by atoms with van der Waals surface area (Å²) in [6.45, 7) is 7.72. The topological polar surface area (TPSA) is 73.0 Å². The van der Waals surface area contributed by atoms with Gasteiger partial charge in [0.25, 0.3) is 5.91 Å². The van der Waals surface area contributed by atoms with E-state index in [4.69, 9.17) is 4.52 Å². The van der Waals surface area contributed by atoms with Gasteiger partial charge in [0.05, 0.1) is 5.56 Å². The fourth-order valence-electron chi connectivity index (χ4n) is 1.84. The quantitative estimate of drug-likeness (QED) is 0.930. The van der Waals surface area contributed by atoms with E-state index in [1.165, 1.54) is 0 Å². The number of hydrogen-bond donors (Lipinski definition) is 1. The number of nitrogens with one attached hydrogen (secondary N) is 1. The minimum atomic E-state index is -0.317. The van der Waals surface area contributed by atoms with Crippen LogP contribution in [0.5, 0.6) is 0 Å². The van der Waals surface area contributed by atoms with Gasteiger partial charge in [-0.1, -0.05) is 19.0 Å². The first-order valence-electron chi connectivity index (χ1n) is 6.66. The van der Waals surface area contributed by atoms with Crippen LogP contribution in [0, 0.1) is 6.92 Å². The molecule has 1 atom stereocenters. The lowest BCUT2D eigenvalue weighted by Gasteiger charge is -2.09. The third-order valence-electron chi connectivity index (χ3n) is 3.32. The Kier molecular flexibility index (Phi) is 3.92. The number of rotatable bonds is 4. The summed E-state index contributed by atoms with van der Waals surface area (Å²) in [6, 6.07) is 1.48. The maximum atomic E-state index is 12.2. The van der Waals surface area contributed by atoms with Crippen LogP contribution < -0.4 is 5.32 Å². The zero-order chi connectivity index (χ0) is 14.9. The van der Waals surface area contributed by atoms with Crippen molar-refractivity contribution < 1.29 is 9.32 Å². The summed E-state index contributed by atoms with van der Waals surface area (Å²) in [5, 5.41) is 6.77. The molecule has 1 amide bonds. The predicted molar refractivity (Wildman–Crippen MR) is 74.4 cm³/mol. The Labute approximate surface area is 118 Å². The average molecular weight is 276 g/mol. The van der Waals surface area contributed by atoms with Crippen LogP contribution in [-0.2, 0) is 7.05 Å². The van der Waals surface area contributed by atoms with Crippen LogP contribution in [0.2, 0.25) is 0 Å². The summed E-state index contributed by atoms with van der Waals surface area (Å²) in [7, 11) is 1.91. The lowest BCUT2D eigenvalue weighted by Crippen LogP contribution is -2.27. The molecule has 0 spiro atoms. The van der Waals surface area contributed by atoms with Crippen molar-refractivity contribution in [3.63, 3.8) is 0 Å². The Bertz CT molecular complexity index is 612. The molecular formula is C14H20N4O2. The highest BCUT2D eigenvalue weighted by atomic mass is 16.5. The molecule has 2 aromatic rings. The van der Waals surface area contributed by atoms with Gasteiger partial charge >= 0.3 is 0 Å². The maximum Gasteiger partial charge on any atom is 0.253 e. The summed E-state index contributed by atoms with van der Waals surface area (Å²) in [5.74, 6) is 1.14. The van der Waals surface area contributed by atoms with Crippen LogP contribution in [0.15, 0.2) is 16.8 Å². The third kappa shape index (κ3) is 2.74. The Balaban J connectivity index is 2.09. The predicted octanol–water partition coefficient (Wildman–Crippen LogP) is 2.33. The van der Waals surface area contributed by atoms with E-state index in [2.05, 4.69) is 15.5 Å². The highest BCUT2D eigenvalue weighted by Crippen LogP contribution is 2.16. The van der Waals surface area contributed by atoms with Gasteiger partial charge in [0.1, 0.15) is 6.04 Å². The summed E-state index contributed by atoms with van der Waals surface area (Å²) in [6.07, 6.45) is 1.86. The molecule has 20 heavy (non-hydrogen) atoms. The number of aromatic nitrogens is 3. The van der Waals surface area contributed by atoms with Crippen LogP contribution >= 0.6 is 0 Å². The molecule has 2 rings (SSSR count). The number of carbonyl (C=O) groups is 1. The first-order chi connectivity index (χ1) is 9.40. The van der Waals surface area contributed by atoms with Crippen LogP contribution in [0.25, 0.3) is 0 Å². The second kappa shape index (κ2) is 5.48. The summed E-state index contributed by atoms with van der Waals surface area (Å²) in [5.41, 5.74) is 1.58. The van der Waals surface area contributed by atoms with E-state index in [0.29, 0.717) is 17.3 Å². The Morgan fingerprint density at radius 3 is 2.60 bits per heavy atom. The molecular weight excluding hydrogens is 256 g/mol. The number of aryl methyl sites for hydroxylation is 1. The van der Waals surface area contributed by atoms with E-state index in [1.807, 2.05) is 45.5 Å². The largest absolute Gasteiger partial charge is 0.354 e. The first kappa shape index (κ1) is 14.3. The van der Waals surface area contributed by atoms with Crippen LogP contribution in [0.1, 0.15) is 60.5 Å². The molecule has 0 radical (unpaired) electrons. The third-order valence-corrected chi connectivity index (χ3v) is 3.32. The second-order valence-electron chi connectivity index (χ2n) is 5.27. The number of amides is 1. The van der Waals surface area contributed by atoms with Gasteiger partial charge < -0.3 is 14.4 Å². The standard InChI is InChI=1S/C14H20N4O2/c1-8(2)12-16-14(20-17-12)9(3)15-13(19)11-6-7-18(5)10(11)4/h6-9H,1-5H3,(H,15,19)/t9-/m0/s1. The molecule has 6 nitrogen and oxygen atoms in total. The van der Waals surface area contributed by atoms with Crippen molar-refractivity contribution in [1.82, 2.24) is 20.0 Å². The summed E-state index contributed by atoms with van der Waals surface area (Å²) >= 11 is 0. The van der Waals surface area contributed by atoms with Crippen molar-refractivity contribution in [2.24, 2.45) is 7.05 Å². The van der Waals surface area contributed by atoms with Gasteiger partial charge in [-0.3, -0.25) is 4.79 Å². The Morgan fingerprint density at radius 2 is 2.10 bits per heavy atom. The zero-order valence-electron chi connectivity index (χ0n) is 12.5. The minimum absolute atomic E-state index is 0.139. The van der Waals surface area contributed by atoms with Crippen molar-refractivity contribution in [2.75, 3.05) is 0 Å². The molecule has 0 saturated carbocycles. The van der Waals surface area contributed by atoms with Gasteiger partial charge in [-0.25, -0.2) is 0 Å². The Hall–Kier alpha value is -2.11. The van der Waals surface area contributed by atoms with Gasteiger partial charge in [0.2, 0.25) is 5.89 Å². The van der Waals surface area contributed by atoms with E-state index >= 15 is 0 Å². The number of hydrogen-bond acceptors (Lipinski definition) is 4. The molecule has 0 aliphatic heterocycles. The summed E-state index contributed by atoms with van der Waals surface area (Å²) in [4.78, 5) is 16.5. The lowest BCUT2D eigenvalue weighted by atomic mass is 10.2. The maximum absolute atomic E-state index is 12.2. The molecule has 2 heterocycles. The average Bonchev–Trinajstić information content (AvgIpc) is 2.98. The fraction of sp³-hybridized carbons (Fsp3) is 0.500. The molecule has 108 valence electrons.